The number of fused-ring (bicyclic) bond motifs is 5. The van der Waals surface area contributed by atoms with Crippen LogP contribution in [0.15, 0.2) is 42.5 Å². The predicted octanol–water partition coefficient (Wildman–Crippen LogP) is 3.49. The lowest BCUT2D eigenvalue weighted by atomic mass is 9.84. The van der Waals surface area contributed by atoms with E-state index in [4.69, 9.17) is 21.1 Å². The molecular formula is C26H33ClINO3. The van der Waals surface area contributed by atoms with Gasteiger partial charge in [-0.3, -0.25) is 9.28 Å². The van der Waals surface area contributed by atoms with Gasteiger partial charge in [-0.05, 0) is 44.5 Å². The number of carbonyl (C=O) groups is 1. The fraction of sp³-hybridized carbons (Fsp3) is 0.500. The number of hydrogen-bond donors (Lipinski definition) is 0. The van der Waals surface area contributed by atoms with Crippen molar-refractivity contribution >= 4 is 17.6 Å². The van der Waals surface area contributed by atoms with Crippen LogP contribution in [0.1, 0.15) is 63.0 Å². The molecule has 6 heteroatoms. The molecule has 0 radical (unpaired) electrons. The maximum absolute atomic E-state index is 12.8. The number of quaternary nitrogens is 1. The highest BCUT2D eigenvalue weighted by Gasteiger charge is 2.48. The van der Waals surface area contributed by atoms with Gasteiger partial charge in [0.2, 0.25) is 6.73 Å². The van der Waals surface area contributed by atoms with E-state index in [9.17, 15) is 4.79 Å². The minimum Gasteiger partial charge on any atom is -1.00 e. The maximum Gasteiger partial charge on any atom is 0.315 e. The quantitative estimate of drug-likeness (QED) is 0.304. The van der Waals surface area contributed by atoms with Gasteiger partial charge in [0, 0.05) is 28.0 Å². The first-order valence-electron chi connectivity index (χ1n) is 11.3. The number of para-hydroxylation sites is 1. The Bertz CT molecular complexity index is 979. The van der Waals surface area contributed by atoms with E-state index in [0.29, 0.717) is 11.2 Å². The molecule has 0 saturated carbocycles. The van der Waals surface area contributed by atoms with Gasteiger partial charge in [-0.25, -0.2) is 0 Å². The van der Waals surface area contributed by atoms with Crippen LogP contribution in [0.25, 0.3) is 0 Å². The molecule has 1 fully saturated rings. The molecule has 0 bridgehead atoms. The van der Waals surface area contributed by atoms with E-state index >= 15 is 0 Å². The van der Waals surface area contributed by atoms with Gasteiger partial charge in [0.15, 0.2) is 0 Å². The molecule has 0 spiro atoms. The molecule has 4 rings (SSSR count). The van der Waals surface area contributed by atoms with E-state index in [1.54, 1.807) is 0 Å². The summed E-state index contributed by atoms with van der Waals surface area (Å²) in [7, 11) is 2.19. The van der Waals surface area contributed by atoms with Crippen LogP contribution in [0.4, 0.5) is 0 Å². The zero-order valence-corrected chi connectivity index (χ0v) is 22.3. The Hall–Kier alpha value is -1.31. The number of benzene rings is 2. The molecule has 3 unspecified atom stereocenters. The van der Waals surface area contributed by atoms with Crippen LogP contribution in [-0.2, 0) is 9.53 Å². The van der Waals surface area contributed by atoms with Crippen molar-refractivity contribution < 1.29 is 42.7 Å². The number of hydrogen-bond acceptors (Lipinski definition) is 3. The van der Waals surface area contributed by atoms with Crippen molar-refractivity contribution in [2.45, 2.75) is 51.9 Å². The first-order valence-corrected chi connectivity index (χ1v) is 11.7. The Morgan fingerprint density at radius 3 is 2.50 bits per heavy atom. The molecular weight excluding hydrogens is 537 g/mol. The number of ether oxygens (including phenoxy) is 2. The Kier molecular flexibility index (Phi) is 7.83. The predicted molar refractivity (Wildman–Crippen MR) is 124 cm³/mol. The molecule has 0 amide bonds. The molecule has 2 aliphatic heterocycles. The van der Waals surface area contributed by atoms with E-state index in [1.165, 1.54) is 5.56 Å². The first-order chi connectivity index (χ1) is 14.7. The molecule has 2 aromatic rings. The summed E-state index contributed by atoms with van der Waals surface area (Å²) < 4.78 is 12.9. The van der Waals surface area contributed by atoms with Crippen molar-refractivity contribution in [2.24, 2.45) is 5.41 Å². The lowest BCUT2D eigenvalue weighted by Crippen LogP contribution is -3.00. The zero-order chi connectivity index (χ0) is 22.2. The topological polar surface area (TPSA) is 35.5 Å². The van der Waals surface area contributed by atoms with Gasteiger partial charge in [-0.1, -0.05) is 49.6 Å². The minimum atomic E-state index is -0.445. The van der Waals surface area contributed by atoms with E-state index in [1.807, 2.05) is 44.2 Å². The summed E-state index contributed by atoms with van der Waals surface area (Å²) in [5, 5.41) is 0.720. The van der Waals surface area contributed by atoms with Crippen molar-refractivity contribution in [3.63, 3.8) is 0 Å². The van der Waals surface area contributed by atoms with Crippen molar-refractivity contribution in [3.05, 3.63) is 58.6 Å². The fourth-order valence-electron chi connectivity index (χ4n) is 5.05. The number of likely N-dealkylation sites (tertiary alicyclic amines) is 1. The molecule has 4 nitrogen and oxygen atoms in total. The number of rotatable bonds is 6. The normalized spacial score (nSPS) is 23.7. The van der Waals surface area contributed by atoms with Gasteiger partial charge in [0.05, 0.1) is 25.6 Å². The van der Waals surface area contributed by atoms with Gasteiger partial charge in [-0.2, -0.15) is 0 Å². The SMILES string of the molecule is CCCCC(C)(C)C(=O)OC[N+]1(C)CC2c3ccccc3Oc3ccc(Cl)cc3C2C1.[I-]. The molecule has 3 atom stereocenters. The molecule has 2 aromatic carbocycles. The lowest BCUT2D eigenvalue weighted by Gasteiger charge is -2.31. The number of likely N-dealkylation sites (N-methyl/N-ethyl adjacent to an activating group) is 1. The van der Waals surface area contributed by atoms with Crippen LogP contribution >= 0.6 is 11.6 Å². The first kappa shape index (κ1) is 25.3. The molecule has 174 valence electrons. The standard InChI is InChI=1S/C26H33ClNO3.HI/c1-5-6-13-26(2,3)25(29)30-17-28(4)15-21-19-9-7-8-10-23(19)31-24-12-11-18(27)14-20(24)22(21)16-28;/h7-12,14,21-22H,5-6,13,15-17H2,1-4H3;1H/q+1;/p-1. The molecule has 2 heterocycles. The number of carbonyl (C=O) groups excluding carboxylic acids is 1. The second kappa shape index (κ2) is 9.90. The Labute approximate surface area is 213 Å². The van der Waals surface area contributed by atoms with E-state index < -0.39 is 5.41 Å². The third-order valence-electron chi connectivity index (χ3n) is 6.89. The molecule has 2 aliphatic rings. The summed E-state index contributed by atoms with van der Waals surface area (Å²) in [4.78, 5) is 12.8. The molecule has 0 N–H and O–H groups in total. The third kappa shape index (κ3) is 5.10. The molecule has 32 heavy (non-hydrogen) atoms. The number of unbranched alkanes of at least 4 members (excludes halogenated alkanes) is 1. The summed E-state index contributed by atoms with van der Waals surface area (Å²) >= 11 is 6.37. The summed E-state index contributed by atoms with van der Waals surface area (Å²) in [6.45, 7) is 8.28. The average Bonchev–Trinajstić information content (AvgIpc) is 3.04. The monoisotopic (exact) mass is 569 g/mol. The summed E-state index contributed by atoms with van der Waals surface area (Å²) in [5.74, 6) is 2.22. The highest BCUT2D eigenvalue weighted by atomic mass is 127. The van der Waals surface area contributed by atoms with Gasteiger partial charge in [0.1, 0.15) is 11.5 Å². The van der Waals surface area contributed by atoms with Crippen LogP contribution in [0.3, 0.4) is 0 Å². The number of halogens is 2. The van der Waals surface area contributed by atoms with Crippen LogP contribution in [0.5, 0.6) is 11.5 Å². The Morgan fingerprint density at radius 2 is 1.78 bits per heavy atom. The summed E-state index contributed by atoms with van der Waals surface area (Å²) in [5.41, 5.74) is 1.92. The van der Waals surface area contributed by atoms with E-state index in [2.05, 4.69) is 26.1 Å². The van der Waals surface area contributed by atoms with Crippen LogP contribution in [-0.4, -0.2) is 37.3 Å². The van der Waals surface area contributed by atoms with Crippen LogP contribution in [0.2, 0.25) is 5.02 Å². The largest absolute Gasteiger partial charge is 1.00 e. The molecule has 0 aliphatic carbocycles. The smallest absolute Gasteiger partial charge is 0.315 e. The van der Waals surface area contributed by atoms with E-state index in [0.717, 1.165) is 54.4 Å². The zero-order valence-electron chi connectivity index (χ0n) is 19.4. The van der Waals surface area contributed by atoms with Gasteiger partial charge < -0.3 is 33.5 Å². The van der Waals surface area contributed by atoms with Crippen molar-refractivity contribution in [2.75, 3.05) is 26.9 Å². The average molecular weight is 570 g/mol. The van der Waals surface area contributed by atoms with Crippen molar-refractivity contribution in [3.8, 4) is 11.5 Å². The molecule has 0 aromatic heterocycles. The summed E-state index contributed by atoms with van der Waals surface area (Å²) in [6.07, 6.45) is 2.97. The maximum atomic E-state index is 12.8. The number of nitrogens with zero attached hydrogens (tertiary/aromatic N) is 1. The van der Waals surface area contributed by atoms with Gasteiger partial charge in [0.25, 0.3) is 0 Å². The second-order valence-corrected chi connectivity index (χ2v) is 10.5. The fourth-order valence-corrected chi connectivity index (χ4v) is 5.23. The van der Waals surface area contributed by atoms with Crippen molar-refractivity contribution in [1.82, 2.24) is 0 Å². The highest BCUT2D eigenvalue weighted by Crippen LogP contribution is 2.51. The van der Waals surface area contributed by atoms with Crippen LogP contribution < -0.4 is 28.7 Å². The summed E-state index contributed by atoms with van der Waals surface area (Å²) in [6, 6.07) is 14.2. The second-order valence-electron chi connectivity index (χ2n) is 10.1. The molecule has 1 saturated heterocycles. The minimum absolute atomic E-state index is 0. The van der Waals surface area contributed by atoms with Crippen molar-refractivity contribution in [1.29, 1.82) is 0 Å². The van der Waals surface area contributed by atoms with Crippen LogP contribution in [0, 0.1) is 5.41 Å². The Morgan fingerprint density at radius 1 is 1.12 bits per heavy atom. The van der Waals surface area contributed by atoms with Gasteiger partial charge >= 0.3 is 5.97 Å². The van der Waals surface area contributed by atoms with Gasteiger partial charge in [-0.15, -0.1) is 0 Å². The number of esters is 1. The van der Waals surface area contributed by atoms with E-state index in [-0.39, 0.29) is 41.8 Å². The third-order valence-corrected chi connectivity index (χ3v) is 7.12. The Balaban J connectivity index is 0.00000289. The lowest BCUT2D eigenvalue weighted by molar-refractivity contribution is -0.915. The highest BCUT2D eigenvalue weighted by molar-refractivity contribution is 6.30.